The molecular formula is C19H21NO5. The van der Waals surface area contributed by atoms with E-state index in [9.17, 15) is 9.59 Å². The Morgan fingerprint density at radius 3 is 2.32 bits per heavy atom. The molecule has 0 atom stereocenters. The van der Waals surface area contributed by atoms with Gasteiger partial charge in [-0.25, -0.2) is 0 Å². The molecule has 0 unspecified atom stereocenters. The molecule has 0 saturated heterocycles. The number of benzene rings is 2. The lowest BCUT2D eigenvalue weighted by molar-refractivity contribution is -0.135. The maximum atomic E-state index is 12.8. The van der Waals surface area contributed by atoms with Gasteiger partial charge in [-0.1, -0.05) is 18.2 Å². The number of aliphatic carboxylic acids is 1. The fourth-order valence-electron chi connectivity index (χ4n) is 2.33. The van der Waals surface area contributed by atoms with Crippen LogP contribution in [0.4, 0.5) is 5.69 Å². The maximum absolute atomic E-state index is 12.8. The molecule has 0 aliphatic carbocycles. The lowest BCUT2D eigenvalue weighted by Gasteiger charge is -2.21. The summed E-state index contributed by atoms with van der Waals surface area (Å²) in [6.07, 6.45) is -0.0386. The van der Waals surface area contributed by atoms with E-state index in [0.717, 1.165) is 0 Å². The molecule has 0 saturated carbocycles. The molecule has 6 nitrogen and oxygen atoms in total. The summed E-state index contributed by atoms with van der Waals surface area (Å²) in [6, 6.07) is 13.5. The molecule has 25 heavy (non-hydrogen) atoms. The highest BCUT2D eigenvalue weighted by atomic mass is 16.5. The first-order valence-corrected chi connectivity index (χ1v) is 7.85. The molecular weight excluding hydrogens is 322 g/mol. The van der Waals surface area contributed by atoms with Crippen molar-refractivity contribution in [1.82, 2.24) is 0 Å². The van der Waals surface area contributed by atoms with Gasteiger partial charge in [0.15, 0.2) is 11.5 Å². The van der Waals surface area contributed by atoms with E-state index in [2.05, 4.69) is 0 Å². The molecule has 1 amide bonds. The number of para-hydroxylation sites is 1. The third kappa shape index (κ3) is 4.73. The third-order valence-corrected chi connectivity index (χ3v) is 3.38. The fourth-order valence-corrected chi connectivity index (χ4v) is 2.33. The molecule has 132 valence electrons. The van der Waals surface area contributed by atoms with E-state index < -0.39 is 18.4 Å². The Kier molecular flexibility index (Phi) is 6.00. The Morgan fingerprint density at radius 1 is 1.08 bits per heavy atom. The molecule has 0 spiro atoms. The van der Waals surface area contributed by atoms with Crippen LogP contribution in [0, 0.1) is 0 Å². The van der Waals surface area contributed by atoms with Gasteiger partial charge < -0.3 is 14.6 Å². The Bertz CT molecular complexity index is 743. The van der Waals surface area contributed by atoms with Crippen LogP contribution < -0.4 is 14.4 Å². The van der Waals surface area contributed by atoms with E-state index in [1.54, 1.807) is 48.5 Å². The van der Waals surface area contributed by atoms with Crippen molar-refractivity contribution in [3.8, 4) is 11.5 Å². The minimum Gasteiger partial charge on any atom is -0.493 e. The van der Waals surface area contributed by atoms with Gasteiger partial charge in [-0.15, -0.1) is 0 Å². The number of hydrogen-bond acceptors (Lipinski definition) is 4. The molecule has 0 aliphatic rings. The molecule has 0 bridgehead atoms. The second-order valence-corrected chi connectivity index (χ2v) is 5.65. The van der Waals surface area contributed by atoms with Gasteiger partial charge in [-0.05, 0) is 44.2 Å². The Morgan fingerprint density at radius 2 is 1.76 bits per heavy atom. The minimum atomic E-state index is -1.09. The minimum absolute atomic E-state index is 0.0386. The van der Waals surface area contributed by atoms with Gasteiger partial charge in [0.1, 0.15) is 6.54 Å². The molecule has 2 rings (SSSR count). The fraction of sp³-hybridized carbons (Fsp3) is 0.263. The van der Waals surface area contributed by atoms with E-state index in [4.69, 9.17) is 14.6 Å². The Balaban J connectivity index is 2.37. The van der Waals surface area contributed by atoms with Crippen LogP contribution in [0.25, 0.3) is 0 Å². The summed E-state index contributed by atoms with van der Waals surface area (Å²) in [4.78, 5) is 25.2. The van der Waals surface area contributed by atoms with Crippen molar-refractivity contribution in [2.45, 2.75) is 20.0 Å². The van der Waals surface area contributed by atoms with Gasteiger partial charge >= 0.3 is 5.97 Å². The van der Waals surface area contributed by atoms with Crippen LogP contribution in [0.2, 0.25) is 0 Å². The molecule has 0 radical (unpaired) electrons. The summed E-state index contributed by atoms with van der Waals surface area (Å²) in [5.74, 6) is -0.576. The summed E-state index contributed by atoms with van der Waals surface area (Å²) in [5, 5.41) is 9.15. The third-order valence-electron chi connectivity index (χ3n) is 3.38. The largest absolute Gasteiger partial charge is 0.493 e. The van der Waals surface area contributed by atoms with E-state index in [1.807, 2.05) is 13.8 Å². The number of methoxy groups -OCH3 is 1. The summed E-state index contributed by atoms with van der Waals surface area (Å²) < 4.78 is 10.9. The summed E-state index contributed by atoms with van der Waals surface area (Å²) in [7, 11) is 1.49. The van der Waals surface area contributed by atoms with Crippen molar-refractivity contribution in [3.63, 3.8) is 0 Å². The van der Waals surface area contributed by atoms with Crippen LogP contribution in [-0.4, -0.2) is 36.7 Å². The second kappa shape index (κ2) is 8.19. The first-order valence-electron chi connectivity index (χ1n) is 7.85. The first kappa shape index (κ1) is 18.3. The van der Waals surface area contributed by atoms with Gasteiger partial charge in [-0.3, -0.25) is 14.5 Å². The van der Waals surface area contributed by atoms with Crippen molar-refractivity contribution in [2.24, 2.45) is 0 Å². The van der Waals surface area contributed by atoms with Crippen molar-refractivity contribution in [2.75, 3.05) is 18.6 Å². The zero-order chi connectivity index (χ0) is 18.4. The number of anilines is 1. The number of ether oxygens (including phenoxy) is 2. The zero-order valence-electron chi connectivity index (χ0n) is 14.4. The smallest absolute Gasteiger partial charge is 0.323 e. The summed E-state index contributed by atoms with van der Waals surface area (Å²) in [6.45, 7) is 3.35. The lowest BCUT2D eigenvalue weighted by atomic mass is 10.1. The van der Waals surface area contributed by atoms with Crippen LogP contribution in [0.1, 0.15) is 24.2 Å². The van der Waals surface area contributed by atoms with Crippen LogP contribution in [0.3, 0.4) is 0 Å². The van der Waals surface area contributed by atoms with E-state index in [0.29, 0.717) is 22.7 Å². The number of carboxylic acids is 1. The predicted octanol–water partition coefficient (Wildman–Crippen LogP) is 3.21. The second-order valence-electron chi connectivity index (χ2n) is 5.65. The molecule has 0 fully saturated rings. The van der Waals surface area contributed by atoms with Gasteiger partial charge in [0.25, 0.3) is 5.91 Å². The zero-order valence-corrected chi connectivity index (χ0v) is 14.4. The SMILES string of the molecule is COc1cc(C(=O)N(CC(=O)O)c2ccccc2)ccc1OC(C)C. The molecule has 2 aromatic carbocycles. The maximum Gasteiger partial charge on any atom is 0.323 e. The molecule has 2 aromatic rings. The van der Waals surface area contributed by atoms with Crippen molar-refractivity contribution in [3.05, 3.63) is 54.1 Å². The highest BCUT2D eigenvalue weighted by molar-refractivity contribution is 6.08. The van der Waals surface area contributed by atoms with Crippen molar-refractivity contribution < 1.29 is 24.2 Å². The molecule has 1 N–H and O–H groups in total. The predicted molar refractivity (Wildman–Crippen MR) is 94.5 cm³/mol. The van der Waals surface area contributed by atoms with Crippen molar-refractivity contribution >= 4 is 17.6 Å². The van der Waals surface area contributed by atoms with Gasteiger partial charge in [0.05, 0.1) is 13.2 Å². The molecule has 6 heteroatoms. The summed E-state index contributed by atoms with van der Waals surface area (Å²) >= 11 is 0. The topological polar surface area (TPSA) is 76.1 Å². The Hall–Kier alpha value is -3.02. The van der Waals surface area contributed by atoms with Gasteiger partial charge in [-0.2, -0.15) is 0 Å². The lowest BCUT2D eigenvalue weighted by Crippen LogP contribution is -2.35. The number of hydrogen-bond donors (Lipinski definition) is 1. The molecule has 0 heterocycles. The number of rotatable bonds is 7. The highest BCUT2D eigenvalue weighted by Gasteiger charge is 2.22. The van der Waals surface area contributed by atoms with Gasteiger partial charge in [0.2, 0.25) is 0 Å². The number of carboxylic acid groups (broad SMARTS) is 1. The monoisotopic (exact) mass is 343 g/mol. The van der Waals surface area contributed by atoms with Gasteiger partial charge in [0, 0.05) is 11.3 Å². The number of amides is 1. The van der Waals surface area contributed by atoms with Crippen LogP contribution in [0.15, 0.2) is 48.5 Å². The Labute approximate surface area is 146 Å². The van der Waals surface area contributed by atoms with Crippen LogP contribution >= 0.6 is 0 Å². The molecule has 0 aromatic heterocycles. The first-order chi connectivity index (χ1) is 11.9. The van der Waals surface area contributed by atoms with Crippen LogP contribution in [-0.2, 0) is 4.79 Å². The average Bonchev–Trinajstić information content (AvgIpc) is 2.59. The van der Waals surface area contributed by atoms with Crippen LogP contribution in [0.5, 0.6) is 11.5 Å². The number of nitrogens with zero attached hydrogens (tertiary/aromatic N) is 1. The van der Waals surface area contributed by atoms with E-state index >= 15 is 0 Å². The standard InChI is InChI=1S/C19H21NO5/c1-13(2)25-16-10-9-14(11-17(16)24-3)19(23)20(12-18(21)22)15-7-5-4-6-8-15/h4-11,13H,12H2,1-3H3,(H,21,22). The highest BCUT2D eigenvalue weighted by Crippen LogP contribution is 2.30. The van der Waals surface area contributed by atoms with Crippen molar-refractivity contribution in [1.29, 1.82) is 0 Å². The summed E-state index contributed by atoms with van der Waals surface area (Å²) in [5.41, 5.74) is 0.828. The number of carbonyl (C=O) groups excluding carboxylic acids is 1. The normalized spacial score (nSPS) is 10.4. The average molecular weight is 343 g/mol. The van der Waals surface area contributed by atoms with E-state index in [-0.39, 0.29) is 6.10 Å². The quantitative estimate of drug-likeness (QED) is 0.835. The number of carbonyl (C=O) groups is 2. The molecule has 0 aliphatic heterocycles. The van der Waals surface area contributed by atoms with E-state index in [1.165, 1.54) is 12.0 Å².